The van der Waals surface area contributed by atoms with E-state index in [-0.39, 0.29) is 22.5 Å². The third-order valence-electron chi connectivity index (χ3n) is 2.59. The van der Waals surface area contributed by atoms with Crippen LogP contribution >= 0.6 is 11.8 Å². The molecular weight excluding hydrogens is 350 g/mol. The van der Waals surface area contributed by atoms with Crippen LogP contribution in [0.15, 0.2) is 27.9 Å². The van der Waals surface area contributed by atoms with E-state index in [9.17, 15) is 31.1 Å². The third kappa shape index (κ3) is 3.84. The quantitative estimate of drug-likeness (QED) is 0.592. The van der Waals surface area contributed by atoms with Crippen LogP contribution in [0.1, 0.15) is 27.4 Å². The second kappa shape index (κ2) is 5.87. The first kappa shape index (κ1) is 17.3. The zero-order valence-corrected chi connectivity index (χ0v) is 11.9. The molecule has 0 bridgehead atoms. The standard InChI is InChI=1S/C12H6F6N2O2S/c1-5-8(9(22-20-5)12(16,17)18)10(21)23-7-3-2-6(4-19-7)11(13,14)15/h2-4H,1H3. The van der Waals surface area contributed by atoms with Crippen LogP contribution < -0.4 is 0 Å². The fourth-order valence-corrected chi connectivity index (χ4v) is 2.33. The molecule has 0 saturated heterocycles. The summed E-state index contributed by atoms with van der Waals surface area (Å²) in [7, 11) is 0. The molecule has 4 nitrogen and oxygen atoms in total. The van der Waals surface area contributed by atoms with E-state index >= 15 is 0 Å². The van der Waals surface area contributed by atoms with Crippen LogP contribution in [-0.2, 0) is 12.4 Å². The van der Waals surface area contributed by atoms with Crippen LogP contribution in [0.2, 0.25) is 0 Å². The van der Waals surface area contributed by atoms with E-state index in [4.69, 9.17) is 0 Å². The van der Waals surface area contributed by atoms with Crippen molar-refractivity contribution in [2.75, 3.05) is 0 Å². The number of hydrogen-bond donors (Lipinski definition) is 0. The minimum Gasteiger partial charge on any atom is -0.351 e. The van der Waals surface area contributed by atoms with Gasteiger partial charge in [0.2, 0.25) is 5.12 Å². The molecule has 2 aromatic rings. The molecule has 0 unspecified atom stereocenters. The molecule has 0 amide bonds. The maximum absolute atomic E-state index is 12.7. The van der Waals surface area contributed by atoms with Gasteiger partial charge >= 0.3 is 12.4 Å². The molecule has 2 aromatic heterocycles. The van der Waals surface area contributed by atoms with Crippen LogP contribution in [0.4, 0.5) is 26.3 Å². The van der Waals surface area contributed by atoms with Crippen molar-refractivity contribution < 1.29 is 35.7 Å². The van der Waals surface area contributed by atoms with Crippen molar-refractivity contribution in [3.63, 3.8) is 0 Å². The smallest absolute Gasteiger partial charge is 0.351 e. The van der Waals surface area contributed by atoms with Gasteiger partial charge in [0.25, 0.3) is 5.76 Å². The van der Waals surface area contributed by atoms with Gasteiger partial charge in [0.1, 0.15) is 10.6 Å². The maximum atomic E-state index is 12.7. The number of nitrogens with zero attached hydrogens (tertiary/aromatic N) is 2. The fraction of sp³-hybridized carbons (Fsp3) is 0.250. The predicted molar refractivity (Wildman–Crippen MR) is 65.7 cm³/mol. The molecular formula is C12H6F6N2O2S. The van der Waals surface area contributed by atoms with E-state index in [1.54, 1.807) is 0 Å². The molecule has 0 aliphatic carbocycles. The minimum absolute atomic E-state index is 0.184. The van der Waals surface area contributed by atoms with Gasteiger partial charge in [-0.15, -0.1) is 0 Å². The topological polar surface area (TPSA) is 56.0 Å². The van der Waals surface area contributed by atoms with Crippen molar-refractivity contribution >= 4 is 16.9 Å². The first-order valence-corrected chi connectivity index (χ1v) is 6.60. The highest BCUT2D eigenvalue weighted by Crippen LogP contribution is 2.36. The SMILES string of the molecule is Cc1noc(C(F)(F)F)c1C(=O)Sc1ccc(C(F)(F)F)cn1. The summed E-state index contributed by atoms with van der Waals surface area (Å²) in [5, 5.41) is 1.83. The highest BCUT2D eigenvalue weighted by atomic mass is 32.2. The summed E-state index contributed by atoms with van der Waals surface area (Å²) < 4.78 is 79.4. The zero-order chi connectivity index (χ0) is 17.4. The van der Waals surface area contributed by atoms with Gasteiger partial charge < -0.3 is 4.52 Å². The summed E-state index contributed by atoms with van der Waals surface area (Å²) in [6, 6.07) is 1.56. The van der Waals surface area contributed by atoms with E-state index in [1.807, 2.05) is 0 Å². The van der Waals surface area contributed by atoms with Gasteiger partial charge in [0, 0.05) is 6.20 Å². The van der Waals surface area contributed by atoms with Crippen molar-refractivity contribution in [3.05, 3.63) is 40.9 Å². The molecule has 2 heterocycles. The Morgan fingerprint density at radius 3 is 2.26 bits per heavy atom. The van der Waals surface area contributed by atoms with Gasteiger partial charge in [-0.25, -0.2) is 4.98 Å². The summed E-state index contributed by atoms with van der Waals surface area (Å²) in [6.45, 7) is 1.15. The largest absolute Gasteiger partial charge is 0.453 e. The lowest BCUT2D eigenvalue weighted by molar-refractivity contribution is -0.155. The molecule has 2 rings (SSSR count). The normalized spacial score (nSPS) is 12.5. The monoisotopic (exact) mass is 356 g/mol. The van der Waals surface area contributed by atoms with E-state index in [2.05, 4.69) is 14.7 Å². The molecule has 0 aliphatic rings. The summed E-state index contributed by atoms with van der Waals surface area (Å²) in [5.74, 6) is -1.56. The molecule has 0 spiro atoms. The Hall–Kier alpha value is -2.04. The van der Waals surface area contributed by atoms with E-state index in [1.165, 1.54) is 0 Å². The van der Waals surface area contributed by atoms with Crippen molar-refractivity contribution in [1.82, 2.24) is 10.1 Å². The molecule has 0 atom stereocenters. The van der Waals surface area contributed by atoms with E-state index < -0.39 is 34.4 Å². The molecule has 0 saturated carbocycles. The number of aromatic nitrogens is 2. The first-order chi connectivity index (χ1) is 10.5. The molecule has 23 heavy (non-hydrogen) atoms. The lowest BCUT2D eigenvalue weighted by Gasteiger charge is -2.07. The van der Waals surface area contributed by atoms with Gasteiger partial charge in [-0.1, -0.05) is 5.16 Å². The number of rotatable bonds is 2. The summed E-state index contributed by atoms with van der Waals surface area (Å²) in [5.41, 5.74) is -2.10. The zero-order valence-electron chi connectivity index (χ0n) is 11.1. The van der Waals surface area contributed by atoms with Crippen molar-refractivity contribution in [2.24, 2.45) is 0 Å². The Balaban J connectivity index is 2.25. The van der Waals surface area contributed by atoms with Gasteiger partial charge in [-0.05, 0) is 30.8 Å². The number of carbonyl (C=O) groups is 1. The highest BCUT2D eigenvalue weighted by Gasteiger charge is 2.42. The number of halogens is 6. The second-order valence-electron chi connectivity index (χ2n) is 4.24. The molecule has 0 radical (unpaired) electrons. The van der Waals surface area contributed by atoms with Crippen molar-refractivity contribution in [2.45, 2.75) is 24.3 Å². The van der Waals surface area contributed by atoms with Crippen molar-refractivity contribution in [1.29, 1.82) is 0 Å². The number of hydrogen-bond acceptors (Lipinski definition) is 5. The van der Waals surface area contributed by atoms with Gasteiger partial charge in [0.05, 0.1) is 11.3 Å². The molecule has 11 heteroatoms. The van der Waals surface area contributed by atoms with Crippen LogP contribution in [0.5, 0.6) is 0 Å². The maximum Gasteiger partial charge on any atom is 0.453 e. The van der Waals surface area contributed by atoms with E-state index in [0.29, 0.717) is 12.3 Å². The number of pyridine rings is 1. The Labute approximate surface area is 128 Å². The average molecular weight is 356 g/mol. The van der Waals surface area contributed by atoms with Gasteiger partial charge in [-0.2, -0.15) is 26.3 Å². The Bertz CT molecular complexity index is 721. The number of thioether (sulfide) groups is 1. The fourth-order valence-electron chi connectivity index (χ4n) is 1.56. The van der Waals surface area contributed by atoms with Crippen LogP contribution in [0.3, 0.4) is 0 Å². The summed E-state index contributed by atoms with van der Waals surface area (Å²) in [6.07, 6.45) is -9.03. The summed E-state index contributed by atoms with van der Waals surface area (Å²) in [4.78, 5) is 15.4. The van der Waals surface area contributed by atoms with Crippen LogP contribution in [0, 0.1) is 6.92 Å². The minimum atomic E-state index is -4.92. The number of alkyl halides is 6. The number of carbonyl (C=O) groups excluding carboxylic acids is 1. The van der Waals surface area contributed by atoms with Gasteiger partial charge in [-0.3, -0.25) is 4.79 Å². The van der Waals surface area contributed by atoms with Crippen molar-refractivity contribution in [3.8, 4) is 0 Å². The molecule has 0 N–H and O–H groups in total. The number of aryl methyl sites for hydroxylation is 1. The van der Waals surface area contributed by atoms with E-state index in [0.717, 1.165) is 13.0 Å². The second-order valence-corrected chi connectivity index (χ2v) is 5.24. The third-order valence-corrected chi connectivity index (χ3v) is 3.43. The first-order valence-electron chi connectivity index (χ1n) is 5.79. The Morgan fingerprint density at radius 2 is 1.78 bits per heavy atom. The van der Waals surface area contributed by atoms with Gasteiger partial charge in [0.15, 0.2) is 0 Å². The average Bonchev–Trinajstić information content (AvgIpc) is 2.80. The Morgan fingerprint density at radius 1 is 1.13 bits per heavy atom. The van der Waals surface area contributed by atoms with Crippen LogP contribution in [-0.4, -0.2) is 15.3 Å². The lowest BCUT2D eigenvalue weighted by atomic mass is 10.2. The molecule has 124 valence electrons. The Kier molecular flexibility index (Phi) is 4.42. The van der Waals surface area contributed by atoms with Crippen LogP contribution in [0.25, 0.3) is 0 Å². The molecule has 0 aromatic carbocycles. The molecule has 0 aliphatic heterocycles. The predicted octanol–water partition coefficient (Wildman–Crippen LogP) is 4.35. The molecule has 0 fully saturated rings. The highest BCUT2D eigenvalue weighted by molar-refractivity contribution is 8.14. The summed E-state index contributed by atoms with van der Waals surface area (Å²) >= 11 is 0.248. The lowest BCUT2D eigenvalue weighted by Crippen LogP contribution is -2.10.